The third-order valence-electron chi connectivity index (χ3n) is 21.3. The van der Waals surface area contributed by atoms with Crippen molar-refractivity contribution < 1.29 is 29.8 Å². The van der Waals surface area contributed by atoms with Crippen LogP contribution in [0.25, 0.3) is 164 Å². The Balaban J connectivity index is 0.000000248. The van der Waals surface area contributed by atoms with Crippen LogP contribution in [-0.4, -0.2) is 47.0 Å². The van der Waals surface area contributed by atoms with Crippen molar-refractivity contribution in [3.63, 3.8) is 0 Å². The Morgan fingerprint density at radius 3 is 0.560 bits per heavy atom. The van der Waals surface area contributed by atoms with Crippen molar-refractivity contribution in [2.45, 2.75) is 89.0 Å². The average Bonchev–Trinajstić information content (AvgIpc) is 0.725. The first-order valence-corrected chi connectivity index (χ1v) is 36.9. The van der Waals surface area contributed by atoms with Gasteiger partial charge in [-0.15, -0.1) is 0 Å². The van der Waals surface area contributed by atoms with Crippen LogP contribution in [0.5, 0.6) is 5.75 Å². The Morgan fingerprint density at radius 1 is 0.250 bits per heavy atom. The van der Waals surface area contributed by atoms with E-state index in [1.165, 1.54) is 54.6 Å². The Morgan fingerprint density at radius 2 is 0.405 bits per heavy atom. The Hall–Kier alpha value is -11.8. The smallest absolute Gasteiger partial charge is 0.537 e. The van der Waals surface area contributed by atoms with E-state index in [4.69, 9.17) is 25.1 Å². The number of hydrogen-bond donors (Lipinski definition) is 5. The molecule has 0 saturated heterocycles. The second-order valence-electron chi connectivity index (χ2n) is 28.9. The Bertz CT molecular complexity index is 6970. The fraction of sp³-hybridized carbons (Fsp3) is 0.146. The van der Waals surface area contributed by atoms with Crippen LogP contribution < -0.4 is 102 Å². The van der Waals surface area contributed by atoms with E-state index in [1.54, 1.807) is 78.9 Å². The Labute approximate surface area is 682 Å². The average molecular weight is 1770 g/mol. The van der Waals surface area contributed by atoms with E-state index >= 15 is 0 Å². The van der Waals surface area contributed by atoms with Crippen LogP contribution in [0.4, 0.5) is 0 Å². The maximum Gasteiger partial charge on any atom is 0.569 e. The van der Waals surface area contributed by atoms with Crippen molar-refractivity contribution >= 4 is 164 Å². The predicted molar refractivity (Wildman–Crippen MR) is 480 cm³/mol. The van der Waals surface area contributed by atoms with E-state index in [0.717, 1.165) is 0 Å². The van der Waals surface area contributed by atoms with Crippen LogP contribution in [0.3, 0.4) is 0 Å². The first kappa shape index (κ1) is 83.6. The summed E-state index contributed by atoms with van der Waals surface area (Å²) in [5.74, 6) is -0.400. The van der Waals surface area contributed by atoms with Gasteiger partial charge in [0.15, 0.2) is 0 Å². The second-order valence-corrected chi connectivity index (χ2v) is 31.4. The summed E-state index contributed by atoms with van der Waals surface area (Å²) in [6.45, 7) is 11.1. The van der Waals surface area contributed by atoms with Crippen LogP contribution in [0.2, 0.25) is 0 Å². The molecule has 0 saturated carbocycles. The normalized spacial score (nSPS) is 11.7. The topological polar surface area (TPSA) is 384 Å². The summed E-state index contributed by atoms with van der Waals surface area (Å²) in [4.78, 5) is 219. The molecule has 0 heterocycles. The summed E-state index contributed by atoms with van der Waals surface area (Å²) in [7, 11) is -3.12. The molecule has 0 amide bonds. The molecule has 22 nitrogen and oxygen atoms in total. The molecule has 10 aromatic carbocycles. The number of benzene rings is 18. The van der Waals surface area contributed by atoms with E-state index in [9.17, 15) is 76.7 Å². The van der Waals surface area contributed by atoms with E-state index in [0.29, 0.717) is 42.6 Å². The molecule has 5 N–H and O–H groups in total. The highest BCUT2D eigenvalue weighted by molar-refractivity contribution is 14.1. The van der Waals surface area contributed by atoms with Gasteiger partial charge in [-0.25, -0.2) is 0 Å². The van der Waals surface area contributed by atoms with Crippen LogP contribution >= 0.6 is 45.2 Å². The van der Waals surface area contributed by atoms with Crippen molar-refractivity contribution in [2.75, 3.05) is 0 Å². The van der Waals surface area contributed by atoms with Crippen molar-refractivity contribution in [1.82, 2.24) is 0 Å². The lowest BCUT2D eigenvalue weighted by Gasteiger charge is -2.20. The van der Waals surface area contributed by atoms with Crippen molar-refractivity contribution in [3.05, 3.63) is 321 Å². The first-order chi connectivity index (χ1) is 53.1. The molecule has 0 fully saturated rings. The van der Waals surface area contributed by atoms with Gasteiger partial charge in [-0.1, -0.05) is 77.3 Å². The largest absolute Gasteiger partial charge is 0.569 e. The SMILES string of the molecule is C.C.C.C.CC(C)c1cc2c3c(c1)c(=O)c(=O)c1cc(-c4cc(-c5cc6c7c(c5)c(=O)c(=O)c5cc(C(C)C)cc(c5-7)c(=O)c6=O)cc(-c5cc6c7c(c5)c(=O)c(=O)c5cc(C(C)C)cc(c5-7)c(=O)c6=O)c4)cc(c1-3)c(=O)c2=O.O=c1c(=O)c2cc(I)cc3c2-c2c1cc(I)cc2c(=O)c3=O.O[B]Oc1cc(B(O)O)cc(B(O)O)c1. The maximum absolute atomic E-state index is 14.2. The second kappa shape index (κ2) is 30.1. The lowest BCUT2D eigenvalue weighted by Crippen LogP contribution is -2.38. The van der Waals surface area contributed by atoms with Gasteiger partial charge in [0, 0.05) is 138 Å². The van der Waals surface area contributed by atoms with Crippen molar-refractivity contribution in [3.8, 4) is 83.6 Å². The first-order valence-electron chi connectivity index (χ1n) is 34.7. The van der Waals surface area contributed by atoms with Crippen LogP contribution in [0.15, 0.2) is 210 Å². The minimum Gasteiger partial charge on any atom is -0.537 e. The zero-order valence-electron chi connectivity index (χ0n) is 59.1. The summed E-state index contributed by atoms with van der Waals surface area (Å²) in [5.41, 5.74) is -8.63. The fourth-order valence-electron chi connectivity index (χ4n) is 15.8. The molecule has 18 rings (SSSR count). The number of hydrogen-bond acceptors (Lipinski definition) is 22. The van der Waals surface area contributed by atoms with Crippen LogP contribution in [-0.2, 0) is 0 Å². The van der Waals surface area contributed by atoms with Gasteiger partial charge in [0.2, 0.25) is 86.9 Å². The third kappa shape index (κ3) is 12.7. The van der Waals surface area contributed by atoms with Gasteiger partial charge in [0.05, 0.1) is 5.75 Å². The quantitative estimate of drug-likeness (QED) is 0.0373. The molecule has 0 aliphatic heterocycles. The van der Waals surface area contributed by atoms with Crippen LogP contribution in [0.1, 0.15) is 106 Å². The summed E-state index contributed by atoms with van der Waals surface area (Å²) in [6.07, 6.45) is 0. The highest BCUT2D eigenvalue weighted by Crippen LogP contribution is 2.45. The lowest BCUT2D eigenvalue weighted by molar-refractivity contribution is 0.423. The van der Waals surface area contributed by atoms with Gasteiger partial charge in [0.25, 0.3) is 0 Å². The molecule has 116 heavy (non-hydrogen) atoms. The molecular formula is C89H64B3I2O22. The van der Waals surface area contributed by atoms with E-state index in [2.05, 4.69) is 4.65 Å². The van der Waals surface area contributed by atoms with E-state index < -0.39 is 101 Å². The molecule has 8 aliphatic rings. The number of halogens is 2. The molecule has 0 spiro atoms. The molecule has 0 atom stereocenters. The standard InChI is InChI=1S/C63H36O12.C16H4I2O4.C6H8B3O6.4CH4/c1-22(2)25-10-34-46-35(11-25)53(65)59(71)41-17-31(16-40(49(41)46)58(70)52(34)64)28-7-29(32-18-42-50-43(19-32)61(73)55(67)37-13-26(23(3)4)12-36(47(37)50)54(66)60(42)72)9-30(8-28)33-20-44-51-45(21-33)63(75)57(69)39-15-27(24(5)6)14-38(48(39)51)56(68)62(44)74;17-5-1-7-11-8(2-5)15(21)16(22)10-4-6(18)3-9(12(10)11)14(20)13(7)19;10-7-15-6-2-4(8(11)12)1-5(3-6)9(13)14;;;;/h7-24H,1-6H3;1-4H;1-3,10-14H;4*1H4. The van der Waals surface area contributed by atoms with Gasteiger partial charge >= 0.3 is 21.9 Å². The monoisotopic (exact) mass is 1770 g/mol. The zero-order valence-corrected chi connectivity index (χ0v) is 63.4. The summed E-state index contributed by atoms with van der Waals surface area (Å²) < 4.78 is 5.86. The highest BCUT2D eigenvalue weighted by Gasteiger charge is 2.33. The summed E-state index contributed by atoms with van der Waals surface area (Å²) in [5, 5.41) is 44.0. The molecule has 8 aliphatic carbocycles. The van der Waals surface area contributed by atoms with Gasteiger partial charge in [-0.2, -0.15) is 0 Å². The lowest BCUT2D eigenvalue weighted by atomic mass is 9.73. The minimum atomic E-state index is -1.76. The molecule has 0 aromatic heterocycles. The molecule has 575 valence electrons. The van der Waals surface area contributed by atoms with Gasteiger partial charge in [0.1, 0.15) is 0 Å². The molecule has 0 unspecified atom stereocenters. The Kier molecular flexibility index (Phi) is 21.7. The van der Waals surface area contributed by atoms with E-state index in [1.807, 2.05) is 86.7 Å². The fourth-order valence-corrected chi connectivity index (χ4v) is 17.1. The highest BCUT2D eigenvalue weighted by atomic mass is 127. The number of rotatable bonds is 10. The molecular weight excluding hydrogens is 1710 g/mol. The van der Waals surface area contributed by atoms with E-state index in [-0.39, 0.29) is 217 Å². The van der Waals surface area contributed by atoms with Gasteiger partial charge in [-0.3, -0.25) is 76.7 Å². The van der Waals surface area contributed by atoms with Gasteiger partial charge in [-0.05, 0) is 251 Å². The van der Waals surface area contributed by atoms with Gasteiger partial charge < -0.3 is 29.8 Å². The van der Waals surface area contributed by atoms with Crippen LogP contribution in [0, 0.1) is 7.14 Å². The minimum absolute atomic E-state index is 0. The summed E-state index contributed by atoms with van der Waals surface area (Å²) in [6, 6.07) is 32.7. The van der Waals surface area contributed by atoms with Crippen molar-refractivity contribution in [2.24, 2.45) is 0 Å². The zero-order chi connectivity index (χ0) is 80.0. The molecule has 27 heteroatoms. The third-order valence-corrected chi connectivity index (χ3v) is 22.6. The molecule has 0 bridgehead atoms. The van der Waals surface area contributed by atoms with Crippen molar-refractivity contribution in [1.29, 1.82) is 0 Å². The summed E-state index contributed by atoms with van der Waals surface area (Å²) >= 11 is 3.93. The molecule has 10 aromatic rings. The maximum atomic E-state index is 14.2. The predicted octanol–water partition coefficient (Wildman–Crippen LogP) is 8.11. The molecule has 1 radical (unpaired) electrons.